The highest BCUT2D eigenvalue weighted by Gasteiger charge is 2.24. The number of aliphatic hydroxyl groups excluding tert-OH is 1. The van der Waals surface area contributed by atoms with E-state index < -0.39 is 0 Å². The van der Waals surface area contributed by atoms with E-state index in [1.807, 2.05) is 37.3 Å². The van der Waals surface area contributed by atoms with E-state index in [0.717, 1.165) is 18.1 Å². The number of hydrogen-bond acceptors (Lipinski definition) is 3. The third kappa shape index (κ3) is 6.89. The number of methoxy groups -OCH3 is 1. The fourth-order valence-corrected chi connectivity index (χ4v) is 2.45. The second-order valence-electron chi connectivity index (χ2n) is 6.98. The topological polar surface area (TPSA) is 65.9 Å². The standard InChI is InChI=1S/C19H33N3O2/c1-6-20-18(22-13-17(24-5)19(2,3)4)21-12-16(14-23)15-10-8-7-9-11-15/h7-11,16-17,23H,6,12-14H2,1-5H3,(H2,20,21,22). The van der Waals surface area contributed by atoms with Gasteiger partial charge in [-0.3, -0.25) is 4.99 Å². The molecule has 0 radical (unpaired) electrons. The number of nitrogens with zero attached hydrogens (tertiary/aromatic N) is 1. The number of ether oxygens (including phenoxy) is 1. The lowest BCUT2D eigenvalue weighted by molar-refractivity contribution is 0.0241. The summed E-state index contributed by atoms with van der Waals surface area (Å²) in [6.07, 6.45) is 0.0516. The second-order valence-corrected chi connectivity index (χ2v) is 6.98. The largest absolute Gasteiger partial charge is 0.396 e. The molecule has 2 unspecified atom stereocenters. The molecule has 0 aliphatic heterocycles. The molecular weight excluding hydrogens is 302 g/mol. The van der Waals surface area contributed by atoms with E-state index in [9.17, 15) is 5.11 Å². The van der Waals surface area contributed by atoms with Gasteiger partial charge in [-0.15, -0.1) is 0 Å². The molecule has 5 nitrogen and oxygen atoms in total. The molecule has 0 fully saturated rings. The Labute approximate surface area is 146 Å². The van der Waals surface area contributed by atoms with Crippen molar-refractivity contribution < 1.29 is 9.84 Å². The van der Waals surface area contributed by atoms with Crippen molar-refractivity contribution in [3.63, 3.8) is 0 Å². The van der Waals surface area contributed by atoms with Crippen LogP contribution >= 0.6 is 0 Å². The molecule has 24 heavy (non-hydrogen) atoms. The molecule has 1 aromatic rings. The van der Waals surface area contributed by atoms with E-state index >= 15 is 0 Å². The Morgan fingerprint density at radius 2 is 1.88 bits per heavy atom. The first-order valence-corrected chi connectivity index (χ1v) is 8.63. The van der Waals surface area contributed by atoms with Gasteiger partial charge in [-0.1, -0.05) is 51.1 Å². The van der Waals surface area contributed by atoms with E-state index in [4.69, 9.17) is 4.74 Å². The van der Waals surface area contributed by atoms with Crippen molar-refractivity contribution in [1.29, 1.82) is 0 Å². The maximum Gasteiger partial charge on any atom is 0.191 e. The Bertz CT molecular complexity index is 483. The zero-order valence-corrected chi connectivity index (χ0v) is 15.7. The summed E-state index contributed by atoms with van der Waals surface area (Å²) >= 11 is 0. The third-order valence-electron chi connectivity index (χ3n) is 4.02. The van der Waals surface area contributed by atoms with Crippen LogP contribution in [0.1, 0.15) is 39.2 Å². The summed E-state index contributed by atoms with van der Waals surface area (Å²) in [5.74, 6) is 0.786. The number of hydrogen-bond donors (Lipinski definition) is 3. The molecule has 3 N–H and O–H groups in total. The minimum Gasteiger partial charge on any atom is -0.396 e. The first kappa shape index (κ1) is 20.5. The predicted octanol–water partition coefficient (Wildman–Crippen LogP) is 2.38. The van der Waals surface area contributed by atoms with Crippen LogP contribution in [0.25, 0.3) is 0 Å². The maximum atomic E-state index is 9.66. The van der Waals surface area contributed by atoms with Gasteiger partial charge in [0.2, 0.25) is 0 Å². The van der Waals surface area contributed by atoms with Crippen molar-refractivity contribution in [3.8, 4) is 0 Å². The van der Waals surface area contributed by atoms with E-state index in [1.165, 1.54) is 0 Å². The summed E-state index contributed by atoms with van der Waals surface area (Å²) in [4.78, 5) is 4.64. The fourth-order valence-electron chi connectivity index (χ4n) is 2.45. The highest BCUT2D eigenvalue weighted by atomic mass is 16.5. The van der Waals surface area contributed by atoms with Gasteiger partial charge in [-0.25, -0.2) is 0 Å². The highest BCUT2D eigenvalue weighted by molar-refractivity contribution is 5.79. The highest BCUT2D eigenvalue weighted by Crippen LogP contribution is 2.21. The van der Waals surface area contributed by atoms with Crippen molar-refractivity contribution in [2.75, 3.05) is 33.4 Å². The average Bonchev–Trinajstić information content (AvgIpc) is 2.55. The van der Waals surface area contributed by atoms with Crippen molar-refractivity contribution in [2.24, 2.45) is 10.4 Å². The number of aliphatic imine (C=N–C) groups is 1. The molecule has 0 aliphatic carbocycles. The predicted molar refractivity (Wildman–Crippen MR) is 101 cm³/mol. The van der Waals surface area contributed by atoms with Gasteiger partial charge < -0.3 is 20.5 Å². The second kappa shape index (κ2) is 10.3. The quantitative estimate of drug-likeness (QED) is 0.504. The van der Waals surface area contributed by atoms with Crippen molar-refractivity contribution in [2.45, 2.75) is 39.7 Å². The number of nitrogens with one attached hydrogen (secondary N) is 2. The van der Waals surface area contributed by atoms with Crippen molar-refractivity contribution >= 4 is 5.96 Å². The summed E-state index contributed by atoms with van der Waals surface area (Å²) in [5.41, 5.74) is 1.15. The van der Waals surface area contributed by atoms with Crippen LogP contribution in [0.5, 0.6) is 0 Å². The summed E-state index contributed by atoms with van der Waals surface area (Å²) in [6, 6.07) is 10.0. The van der Waals surface area contributed by atoms with Gasteiger partial charge in [0.15, 0.2) is 5.96 Å². The van der Waals surface area contributed by atoms with Crippen LogP contribution in [0, 0.1) is 5.41 Å². The lowest BCUT2D eigenvalue weighted by atomic mass is 9.89. The number of benzene rings is 1. The zero-order valence-electron chi connectivity index (χ0n) is 15.7. The first-order chi connectivity index (χ1) is 11.4. The van der Waals surface area contributed by atoms with Gasteiger partial charge in [0.05, 0.1) is 19.3 Å². The van der Waals surface area contributed by atoms with Crippen LogP contribution in [0.4, 0.5) is 0 Å². The summed E-state index contributed by atoms with van der Waals surface area (Å²) < 4.78 is 5.56. The number of aliphatic hydroxyl groups is 1. The SMILES string of the molecule is CCNC(=NCC(OC)C(C)(C)C)NCC(CO)c1ccccc1. The van der Waals surface area contributed by atoms with Gasteiger partial charge in [0, 0.05) is 26.1 Å². The van der Waals surface area contributed by atoms with E-state index in [2.05, 4.69) is 36.4 Å². The molecule has 0 saturated heterocycles. The fraction of sp³-hybridized carbons (Fsp3) is 0.632. The molecule has 0 spiro atoms. The Hall–Kier alpha value is -1.59. The molecule has 0 saturated carbocycles. The van der Waals surface area contributed by atoms with Crippen LogP contribution in [0.3, 0.4) is 0 Å². The van der Waals surface area contributed by atoms with Gasteiger partial charge in [-0.2, -0.15) is 0 Å². The summed E-state index contributed by atoms with van der Waals surface area (Å²) in [5, 5.41) is 16.2. The smallest absolute Gasteiger partial charge is 0.191 e. The molecule has 0 aromatic heterocycles. The molecule has 0 heterocycles. The van der Waals surface area contributed by atoms with Gasteiger partial charge in [0.25, 0.3) is 0 Å². The normalized spacial score (nSPS) is 15.0. The van der Waals surface area contributed by atoms with Crippen LogP contribution in [-0.2, 0) is 4.74 Å². The molecule has 1 aromatic carbocycles. The van der Waals surface area contributed by atoms with Crippen LogP contribution in [0.2, 0.25) is 0 Å². The minimum absolute atomic E-state index is 0.0350. The van der Waals surface area contributed by atoms with E-state index in [-0.39, 0.29) is 24.0 Å². The lowest BCUT2D eigenvalue weighted by Crippen LogP contribution is -2.41. The molecular formula is C19H33N3O2. The van der Waals surface area contributed by atoms with E-state index in [1.54, 1.807) is 7.11 Å². The zero-order chi connectivity index (χ0) is 18.0. The number of guanidine groups is 1. The Balaban J connectivity index is 2.69. The Kier molecular flexibility index (Phi) is 8.79. The average molecular weight is 335 g/mol. The molecule has 1 rings (SSSR count). The minimum atomic E-state index is 0.0350. The molecule has 0 amide bonds. The van der Waals surface area contributed by atoms with Crippen molar-refractivity contribution in [3.05, 3.63) is 35.9 Å². The maximum absolute atomic E-state index is 9.66. The third-order valence-corrected chi connectivity index (χ3v) is 4.02. The molecule has 136 valence electrons. The van der Waals surface area contributed by atoms with Gasteiger partial charge in [0.1, 0.15) is 0 Å². The van der Waals surface area contributed by atoms with Gasteiger partial charge in [-0.05, 0) is 17.9 Å². The molecule has 2 atom stereocenters. The first-order valence-electron chi connectivity index (χ1n) is 8.63. The lowest BCUT2D eigenvalue weighted by Gasteiger charge is -2.28. The Morgan fingerprint density at radius 3 is 2.38 bits per heavy atom. The van der Waals surface area contributed by atoms with Gasteiger partial charge >= 0.3 is 0 Å². The van der Waals surface area contributed by atoms with E-state index in [0.29, 0.717) is 13.1 Å². The molecule has 5 heteroatoms. The van der Waals surface area contributed by atoms with Crippen LogP contribution < -0.4 is 10.6 Å². The van der Waals surface area contributed by atoms with Crippen LogP contribution in [-0.4, -0.2) is 50.5 Å². The van der Waals surface area contributed by atoms with Crippen LogP contribution in [0.15, 0.2) is 35.3 Å². The monoisotopic (exact) mass is 335 g/mol. The summed E-state index contributed by atoms with van der Waals surface area (Å²) in [7, 11) is 1.73. The molecule has 0 bridgehead atoms. The van der Waals surface area contributed by atoms with Crippen molar-refractivity contribution in [1.82, 2.24) is 10.6 Å². The summed E-state index contributed by atoms with van der Waals surface area (Å²) in [6.45, 7) is 10.6. The molecule has 0 aliphatic rings. The number of rotatable bonds is 8. The Morgan fingerprint density at radius 1 is 1.21 bits per heavy atom.